The van der Waals surface area contributed by atoms with Gasteiger partial charge in [-0.1, -0.05) is 42.5 Å². The predicted molar refractivity (Wildman–Crippen MR) is 129 cm³/mol. The molecule has 0 atom stereocenters. The lowest BCUT2D eigenvalue weighted by molar-refractivity contribution is 0.108. The molecule has 3 nitrogen and oxygen atoms in total. The van der Waals surface area contributed by atoms with Crippen molar-refractivity contribution in [3.63, 3.8) is 0 Å². The zero-order valence-corrected chi connectivity index (χ0v) is 18.7. The summed E-state index contributed by atoms with van der Waals surface area (Å²) in [4.78, 5) is 8.32. The number of rotatable bonds is 7. The molecule has 1 fully saturated rings. The molecule has 4 aromatic rings. The first-order chi connectivity index (χ1) is 16.2. The smallest absolute Gasteiger partial charge is 0.123 e. The minimum Gasteiger partial charge on any atom is -0.361 e. The maximum absolute atomic E-state index is 13.5. The number of hydrogen-bond donors (Lipinski definition) is 1. The average molecular weight is 446 g/mol. The molecular formula is C28H29F2N3. The van der Waals surface area contributed by atoms with Crippen molar-refractivity contribution in [3.8, 4) is 0 Å². The summed E-state index contributed by atoms with van der Waals surface area (Å²) in [5.74, 6) is -0.478. The van der Waals surface area contributed by atoms with E-state index >= 15 is 0 Å². The van der Waals surface area contributed by atoms with E-state index < -0.39 is 0 Å². The van der Waals surface area contributed by atoms with Gasteiger partial charge in [0.25, 0.3) is 0 Å². The third kappa shape index (κ3) is 5.00. The van der Waals surface area contributed by atoms with Gasteiger partial charge in [-0.05, 0) is 66.4 Å². The average Bonchev–Trinajstić information content (AvgIpc) is 3.26. The molecule has 1 aliphatic heterocycles. The largest absolute Gasteiger partial charge is 0.361 e. The molecule has 0 spiro atoms. The molecule has 0 bridgehead atoms. The van der Waals surface area contributed by atoms with Crippen molar-refractivity contribution in [1.82, 2.24) is 14.8 Å². The van der Waals surface area contributed by atoms with Crippen molar-refractivity contribution >= 4 is 10.9 Å². The lowest BCUT2D eigenvalue weighted by Crippen LogP contribution is -2.48. The molecule has 0 radical (unpaired) electrons. The van der Waals surface area contributed by atoms with E-state index in [-0.39, 0.29) is 17.7 Å². The minimum absolute atomic E-state index is 0.000398. The van der Waals surface area contributed by atoms with Gasteiger partial charge in [-0.15, -0.1) is 0 Å². The van der Waals surface area contributed by atoms with Gasteiger partial charge in [0.15, 0.2) is 0 Å². The number of aryl methyl sites for hydroxylation is 1. The Labute approximate surface area is 193 Å². The Balaban J connectivity index is 1.21. The van der Waals surface area contributed by atoms with E-state index in [1.54, 1.807) is 0 Å². The Morgan fingerprint density at radius 1 is 0.758 bits per heavy atom. The third-order valence-corrected chi connectivity index (χ3v) is 6.74. The van der Waals surface area contributed by atoms with E-state index in [0.29, 0.717) is 0 Å². The SMILES string of the molecule is Fc1ccc(C(c2ccc(F)cc2)N2CCN(CCCc3c[nH]c4ccccc34)CC2)cc1. The van der Waals surface area contributed by atoms with Gasteiger partial charge in [-0.3, -0.25) is 4.90 Å². The van der Waals surface area contributed by atoms with Crippen LogP contribution in [0.5, 0.6) is 0 Å². The van der Waals surface area contributed by atoms with Gasteiger partial charge < -0.3 is 9.88 Å². The lowest BCUT2D eigenvalue weighted by atomic mass is 9.96. The number of halogens is 2. The lowest BCUT2D eigenvalue weighted by Gasteiger charge is -2.40. The fraction of sp³-hybridized carbons (Fsp3) is 0.286. The summed E-state index contributed by atoms with van der Waals surface area (Å²) in [6, 6.07) is 21.9. The number of nitrogens with zero attached hydrogens (tertiary/aromatic N) is 2. The predicted octanol–water partition coefficient (Wildman–Crippen LogP) is 5.79. The van der Waals surface area contributed by atoms with Gasteiger partial charge >= 0.3 is 0 Å². The summed E-state index contributed by atoms with van der Waals surface area (Å²) in [7, 11) is 0. The van der Waals surface area contributed by atoms with E-state index in [4.69, 9.17) is 0 Å². The summed E-state index contributed by atoms with van der Waals surface area (Å²) in [5, 5.41) is 1.32. The Morgan fingerprint density at radius 3 is 2.00 bits per heavy atom. The fourth-order valence-electron chi connectivity index (χ4n) is 4.98. The van der Waals surface area contributed by atoms with Gasteiger partial charge in [0.2, 0.25) is 0 Å². The number of hydrogen-bond acceptors (Lipinski definition) is 2. The monoisotopic (exact) mass is 445 g/mol. The molecule has 2 heterocycles. The minimum atomic E-state index is -0.239. The summed E-state index contributed by atoms with van der Waals surface area (Å²) in [6.07, 6.45) is 4.33. The van der Waals surface area contributed by atoms with Gasteiger partial charge in [0.1, 0.15) is 11.6 Å². The molecule has 33 heavy (non-hydrogen) atoms. The molecule has 5 heteroatoms. The molecule has 1 aliphatic rings. The van der Waals surface area contributed by atoms with Crippen molar-refractivity contribution < 1.29 is 8.78 Å². The number of H-pyrrole nitrogens is 1. The molecule has 0 aliphatic carbocycles. The van der Waals surface area contributed by atoms with Crippen LogP contribution in [0.25, 0.3) is 10.9 Å². The van der Waals surface area contributed by atoms with Gasteiger partial charge in [-0.25, -0.2) is 8.78 Å². The topological polar surface area (TPSA) is 22.3 Å². The van der Waals surface area contributed by atoms with E-state index in [1.807, 2.05) is 24.3 Å². The first-order valence-corrected chi connectivity index (χ1v) is 11.7. The van der Waals surface area contributed by atoms with E-state index in [9.17, 15) is 8.78 Å². The molecule has 1 aromatic heterocycles. The van der Waals surface area contributed by atoms with E-state index in [2.05, 4.69) is 45.2 Å². The van der Waals surface area contributed by atoms with E-state index in [1.165, 1.54) is 40.7 Å². The third-order valence-electron chi connectivity index (χ3n) is 6.74. The van der Waals surface area contributed by atoms with Gasteiger partial charge in [-0.2, -0.15) is 0 Å². The molecule has 3 aromatic carbocycles. The summed E-state index contributed by atoms with van der Waals surface area (Å²) < 4.78 is 27.1. The quantitative estimate of drug-likeness (QED) is 0.389. The van der Waals surface area contributed by atoms with Crippen molar-refractivity contribution in [2.24, 2.45) is 0 Å². The Hall–Kier alpha value is -3.02. The maximum atomic E-state index is 13.5. The molecule has 1 N–H and O–H groups in total. The van der Waals surface area contributed by atoms with Crippen LogP contribution < -0.4 is 0 Å². The molecule has 5 rings (SSSR count). The van der Waals surface area contributed by atoms with Crippen molar-refractivity contribution in [2.75, 3.05) is 32.7 Å². The number of benzene rings is 3. The number of fused-ring (bicyclic) bond motifs is 1. The highest BCUT2D eigenvalue weighted by molar-refractivity contribution is 5.82. The Bertz CT molecular complexity index is 1130. The fourth-order valence-corrected chi connectivity index (χ4v) is 4.98. The molecule has 170 valence electrons. The standard InChI is InChI=1S/C28H29F2N3/c29-24-11-7-21(8-12-24)28(22-9-13-25(30)14-10-22)33-18-16-32(17-19-33)15-3-4-23-20-31-27-6-2-1-5-26(23)27/h1-2,5-14,20,28,31H,3-4,15-19H2. The maximum Gasteiger partial charge on any atom is 0.123 e. The van der Waals surface area contributed by atoms with Crippen LogP contribution in [-0.2, 0) is 6.42 Å². The Kier molecular flexibility index (Phi) is 6.51. The molecule has 1 saturated heterocycles. The first kappa shape index (κ1) is 21.8. The van der Waals surface area contributed by atoms with Crippen molar-refractivity contribution in [2.45, 2.75) is 18.9 Å². The molecule has 0 unspecified atom stereocenters. The van der Waals surface area contributed by atoms with Crippen LogP contribution in [0.3, 0.4) is 0 Å². The van der Waals surface area contributed by atoms with Gasteiger partial charge in [0.05, 0.1) is 6.04 Å². The van der Waals surface area contributed by atoms with Crippen LogP contribution in [0.1, 0.15) is 29.2 Å². The molecule has 0 amide bonds. The Morgan fingerprint density at radius 2 is 1.36 bits per heavy atom. The van der Waals surface area contributed by atoms with E-state index in [0.717, 1.165) is 56.7 Å². The number of piperazine rings is 1. The molecule has 0 saturated carbocycles. The van der Waals surface area contributed by atoms with Crippen LogP contribution in [0.2, 0.25) is 0 Å². The van der Waals surface area contributed by atoms with Crippen LogP contribution in [0, 0.1) is 11.6 Å². The first-order valence-electron chi connectivity index (χ1n) is 11.7. The van der Waals surface area contributed by atoms with Crippen LogP contribution >= 0.6 is 0 Å². The second kappa shape index (κ2) is 9.86. The van der Waals surface area contributed by atoms with Crippen LogP contribution in [0.4, 0.5) is 8.78 Å². The number of para-hydroxylation sites is 1. The number of aromatic amines is 1. The normalized spacial score (nSPS) is 15.5. The summed E-state index contributed by atoms with van der Waals surface area (Å²) >= 11 is 0. The second-order valence-electron chi connectivity index (χ2n) is 8.85. The van der Waals surface area contributed by atoms with Crippen molar-refractivity contribution in [3.05, 3.63) is 107 Å². The molecular weight excluding hydrogens is 416 g/mol. The number of aromatic nitrogens is 1. The highest BCUT2D eigenvalue weighted by Crippen LogP contribution is 2.30. The van der Waals surface area contributed by atoms with Crippen LogP contribution in [-0.4, -0.2) is 47.5 Å². The van der Waals surface area contributed by atoms with Crippen molar-refractivity contribution in [1.29, 1.82) is 0 Å². The zero-order valence-electron chi connectivity index (χ0n) is 18.7. The second-order valence-corrected chi connectivity index (χ2v) is 8.85. The summed E-state index contributed by atoms with van der Waals surface area (Å²) in [6.45, 7) is 4.91. The van der Waals surface area contributed by atoms with Gasteiger partial charge in [0, 0.05) is 43.3 Å². The zero-order chi connectivity index (χ0) is 22.6. The highest BCUT2D eigenvalue weighted by atomic mass is 19.1. The highest BCUT2D eigenvalue weighted by Gasteiger charge is 2.26. The number of nitrogens with one attached hydrogen (secondary N) is 1. The summed E-state index contributed by atoms with van der Waals surface area (Å²) in [5.41, 5.74) is 4.66. The van der Waals surface area contributed by atoms with Crippen LogP contribution in [0.15, 0.2) is 79.0 Å².